The Morgan fingerprint density at radius 2 is 2.00 bits per heavy atom. The topological polar surface area (TPSA) is 63.1 Å². The Balaban J connectivity index is 1.79. The lowest BCUT2D eigenvalue weighted by Crippen LogP contribution is -2.38. The minimum absolute atomic E-state index is 0.190. The van der Waals surface area contributed by atoms with Crippen molar-refractivity contribution in [1.29, 1.82) is 0 Å². The molecule has 1 amide bonds. The molecule has 0 spiro atoms. The van der Waals surface area contributed by atoms with Crippen molar-refractivity contribution in [3.05, 3.63) is 53.7 Å². The zero-order chi connectivity index (χ0) is 19.2. The van der Waals surface area contributed by atoms with E-state index < -0.39 is 0 Å². The lowest BCUT2D eigenvalue weighted by atomic mass is 10.3. The minimum Gasteiger partial charge on any atom is -0.348 e. The van der Waals surface area contributed by atoms with Gasteiger partial charge in [0, 0.05) is 19.1 Å². The Kier molecular flexibility index (Phi) is 6.36. The quantitative estimate of drug-likeness (QED) is 0.647. The Hall–Kier alpha value is -2.51. The number of hydrogen-bond donors (Lipinski definition) is 1. The number of rotatable bonds is 8. The van der Waals surface area contributed by atoms with Crippen LogP contribution in [0.1, 0.15) is 31.4 Å². The predicted molar refractivity (Wildman–Crippen MR) is 109 cm³/mol. The third kappa shape index (κ3) is 4.61. The van der Waals surface area contributed by atoms with E-state index in [1.165, 1.54) is 0 Å². The van der Waals surface area contributed by atoms with Crippen LogP contribution >= 0.6 is 11.3 Å². The van der Waals surface area contributed by atoms with Gasteiger partial charge in [0.15, 0.2) is 5.82 Å². The Morgan fingerprint density at radius 1 is 1.22 bits per heavy atom. The first-order chi connectivity index (χ1) is 13.1. The fourth-order valence-corrected chi connectivity index (χ4v) is 3.59. The molecule has 0 unspecified atom stereocenters. The second-order valence-electron chi connectivity index (χ2n) is 6.46. The van der Waals surface area contributed by atoms with Crippen LogP contribution in [-0.2, 0) is 0 Å². The fraction of sp³-hybridized carbons (Fsp3) is 0.350. The van der Waals surface area contributed by atoms with Crippen LogP contribution < -0.4 is 5.32 Å². The van der Waals surface area contributed by atoms with Crippen LogP contribution in [0.2, 0.25) is 0 Å². The number of para-hydroxylation sites is 1. The predicted octanol–water partition coefficient (Wildman–Crippen LogP) is 3.46. The first kappa shape index (κ1) is 19.3. The molecule has 0 radical (unpaired) electrons. The standard InChI is InChI=1S/C20H25N5OS/c1-4-24(15(2)3)13-12-21-20(26)18-22-19(17-11-8-14-27-17)25(23-18)16-9-6-5-7-10-16/h5-11,14-15H,4,12-13H2,1-3H3,(H,21,26). The normalized spacial score (nSPS) is 11.3. The molecule has 3 rings (SSSR count). The van der Waals surface area contributed by atoms with E-state index in [1.807, 2.05) is 47.8 Å². The van der Waals surface area contributed by atoms with E-state index in [4.69, 9.17) is 0 Å². The highest BCUT2D eigenvalue weighted by atomic mass is 32.1. The van der Waals surface area contributed by atoms with Crippen molar-refractivity contribution < 1.29 is 4.79 Å². The van der Waals surface area contributed by atoms with Gasteiger partial charge in [0.05, 0.1) is 10.6 Å². The molecule has 0 bridgehead atoms. The summed E-state index contributed by atoms with van der Waals surface area (Å²) in [6, 6.07) is 14.2. The summed E-state index contributed by atoms with van der Waals surface area (Å²) in [6.45, 7) is 8.76. The minimum atomic E-state index is -0.248. The maximum Gasteiger partial charge on any atom is 0.291 e. The largest absolute Gasteiger partial charge is 0.348 e. The van der Waals surface area contributed by atoms with Crippen molar-refractivity contribution in [2.24, 2.45) is 0 Å². The molecule has 1 N–H and O–H groups in total. The van der Waals surface area contributed by atoms with E-state index in [2.05, 4.69) is 41.1 Å². The Labute approximate surface area is 163 Å². The first-order valence-corrected chi connectivity index (χ1v) is 10.1. The number of amides is 1. The van der Waals surface area contributed by atoms with E-state index in [0.717, 1.165) is 23.7 Å². The SMILES string of the molecule is CCN(CCNC(=O)c1nc(-c2cccs2)n(-c2ccccc2)n1)C(C)C. The number of nitrogens with zero attached hydrogens (tertiary/aromatic N) is 4. The molecular weight excluding hydrogens is 358 g/mol. The van der Waals surface area contributed by atoms with Crippen LogP contribution in [0.4, 0.5) is 0 Å². The molecule has 1 aromatic carbocycles. The van der Waals surface area contributed by atoms with Gasteiger partial charge in [0.2, 0.25) is 5.82 Å². The summed E-state index contributed by atoms with van der Waals surface area (Å²) in [6.07, 6.45) is 0. The van der Waals surface area contributed by atoms with Crippen LogP contribution in [0, 0.1) is 0 Å². The van der Waals surface area contributed by atoms with Crippen molar-refractivity contribution in [3.63, 3.8) is 0 Å². The van der Waals surface area contributed by atoms with E-state index in [9.17, 15) is 4.79 Å². The molecular formula is C20H25N5OS. The number of nitrogens with one attached hydrogen (secondary N) is 1. The molecule has 0 atom stereocenters. The molecule has 6 nitrogen and oxygen atoms in total. The number of carbonyl (C=O) groups is 1. The average Bonchev–Trinajstić information content (AvgIpc) is 3.34. The molecule has 0 aliphatic carbocycles. The summed E-state index contributed by atoms with van der Waals surface area (Å²) < 4.78 is 1.73. The molecule has 7 heteroatoms. The molecule has 0 aliphatic rings. The monoisotopic (exact) mass is 383 g/mol. The highest BCUT2D eigenvalue weighted by Gasteiger charge is 2.19. The maximum atomic E-state index is 12.6. The third-order valence-electron chi connectivity index (χ3n) is 4.37. The summed E-state index contributed by atoms with van der Waals surface area (Å²) in [5.74, 6) is 0.621. The summed E-state index contributed by atoms with van der Waals surface area (Å²) in [5, 5.41) is 9.41. The molecule has 0 fully saturated rings. The van der Waals surface area contributed by atoms with E-state index in [1.54, 1.807) is 16.0 Å². The lowest BCUT2D eigenvalue weighted by Gasteiger charge is -2.24. The van der Waals surface area contributed by atoms with Gasteiger partial charge in [-0.1, -0.05) is 31.2 Å². The lowest BCUT2D eigenvalue weighted by molar-refractivity contribution is 0.0935. The number of aromatic nitrogens is 3. The molecule has 2 heterocycles. The van der Waals surface area contributed by atoms with Gasteiger partial charge in [-0.05, 0) is 44.0 Å². The molecule has 3 aromatic rings. The van der Waals surface area contributed by atoms with Crippen LogP contribution in [0.3, 0.4) is 0 Å². The maximum absolute atomic E-state index is 12.6. The third-order valence-corrected chi connectivity index (χ3v) is 5.24. The number of hydrogen-bond acceptors (Lipinski definition) is 5. The highest BCUT2D eigenvalue weighted by molar-refractivity contribution is 7.13. The van der Waals surface area contributed by atoms with Gasteiger partial charge in [0.1, 0.15) is 0 Å². The second kappa shape index (κ2) is 8.92. The Bertz CT molecular complexity index is 858. The Morgan fingerprint density at radius 3 is 2.63 bits per heavy atom. The summed E-state index contributed by atoms with van der Waals surface area (Å²) >= 11 is 1.58. The van der Waals surface area contributed by atoms with Crippen LogP contribution in [0.15, 0.2) is 47.8 Å². The van der Waals surface area contributed by atoms with Crippen molar-refractivity contribution >= 4 is 17.2 Å². The van der Waals surface area contributed by atoms with Crippen molar-refractivity contribution in [2.75, 3.05) is 19.6 Å². The van der Waals surface area contributed by atoms with Gasteiger partial charge in [-0.25, -0.2) is 9.67 Å². The van der Waals surface area contributed by atoms with Crippen molar-refractivity contribution in [1.82, 2.24) is 25.0 Å². The number of likely N-dealkylation sites (N-methyl/N-ethyl adjacent to an activating group) is 1. The number of thiophene rings is 1. The van der Waals surface area contributed by atoms with Gasteiger partial charge in [-0.2, -0.15) is 0 Å². The van der Waals surface area contributed by atoms with Crippen LogP contribution in [0.25, 0.3) is 16.4 Å². The highest BCUT2D eigenvalue weighted by Crippen LogP contribution is 2.25. The van der Waals surface area contributed by atoms with E-state index in [0.29, 0.717) is 18.4 Å². The van der Waals surface area contributed by atoms with Gasteiger partial charge in [0.25, 0.3) is 5.91 Å². The molecule has 142 valence electrons. The van der Waals surface area contributed by atoms with Gasteiger partial charge < -0.3 is 5.32 Å². The molecule has 0 saturated heterocycles. The smallest absolute Gasteiger partial charge is 0.291 e. The number of carbonyl (C=O) groups excluding carboxylic acids is 1. The first-order valence-electron chi connectivity index (χ1n) is 9.18. The second-order valence-corrected chi connectivity index (χ2v) is 7.41. The van der Waals surface area contributed by atoms with Gasteiger partial charge in [-0.15, -0.1) is 16.4 Å². The average molecular weight is 384 g/mol. The van der Waals surface area contributed by atoms with E-state index >= 15 is 0 Å². The fourth-order valence-electron chi connectivity index (χ4n) is 2.90. The molecule has 27 heavy (non-hydrogen) atoms. The van der Waals surface area contributed by atoms with Gasteiger partial charge >= 0.3 is 0 Å². The molecule has 2 aromatic heterocycles. The van der Waals surface area contributed by atoms with Crippen LogP contribution in [0.5, 0.6) is 0 Å². The molecule has 0 aliphatic heterocycles. The zero-order valence-electron chi connectivity index (χ0n) is 15.9. The van der Waals surface area contributed by atoms with Crippen molar-refractivity contribution in [2.45, 2.75) is 26.8 Å². The summed E-state index contributed by atoms with van der Waals surface area (Å²) in [7, 11) is 0. The van der Waals surface area contributed by atoms with Crippen LogP contribution in [-0.4, -0.2) is 51.2 Å². The van der Waals surface area contributed by atoms with Gasteiger partial charge in [-0.3, -0.25) is 9.69 Å². The zero-order valence-corrected chi connectivity index (χ0v) is 16.7. The summed E-state index contributed by atoms with van der Waals surface area (Å²) in [4.78, 5) is 20.4. The summed E-state index contributed by atoms with van der Waals surface area (Å²) in [5.41, 5.74) is 0.879. The van der Waals surface area contributed by atoms with Crippen molar-refractivity contribution in [3.8, 4) is 16.4 Å². The van der Waals surface area contributed by atoms with E-state index in [-0.39, 0.29) is 11.7 Å². The number of benzene rings is 1. The molecule has 0 saturated carbocycles.